The molecular formula is C17H30N2O2. The Hall–Kier alpha value is -0.940. The third-order valence-electron chi connectivity index (χ3n) is 4.03. The number of benzene rings is 1. The van der Waals surface area contributed by atoms with Crippen molar-refractivity contribution >= 4 is 0 Å². The van der Waals surface area contributed by atoms with Gasteiger partial charge in [0.25, 0.3) is 0 Å². The monoisotopic (exact) mass is 294 g/mol. The highest BCUT2D eigenvalue weighted by atomic mass is 16.5. The van der Waals surface area contributed by atoms with Crippen molar-refractivity contribution in [3.8, 4) is 0 Å². The van der Waals surface area contributed by atoms with E-state index in [1.165, 1.54) is 16.7 Å². The van der Waals surface area contributed by atoms with Crippen molar-refractivity contribution in [1.29, 1.82) is 0 Å². The molecule has 0 radical (unpaired) electrons. The van der Waals surface area contributed by atoms with E-state index >= 15 is 0 Å². The first-order valence-corrected chi connectivity index (χ1v) is 7.56. The summed E-state index contributed by atoms with van der Waals surface area (Å²) in [5, 5.41) is 0. The van der Waals surface area contributed by atoms with Gasteiger partial charge in [0.1, 0.15) is 0 Å². The van der Waals surface area contributed by atoms with Crippen molar-refractivity contribution in [3.05, 3.63) is 34.9 Å². The van der Waals surface area contributed by atoms with Crippen LogP contribution in [0.3, 0.4) is 0 Å². The van der Waals surface area contributed by atoms with Crippen LogP contribution in [0.2, 0.25) is 0 Å². The first-order valence-electron chi connectivity index (χ1n) is 7.56. The molecule has 1 aromatic carbocycles. The zero-order chi connectivity index (χ0) is 15.8. The van der Waals surface area contributed by atoms with Crippen LogP contribution in [0.15, 0.2) is 18.2 Å². The number of hydrogen-bond acceptors (Lipinski definition) is 4. The van der Waals surface area contributed by atoms with E-state index in [4.69, 9.17) is 15.2 Å². The Balaban J connectivity index is 3.10. The van der Waals surface area contributed by atoms with Crippen LogP contribution in [0.4, 0.5) is 0 Å². The molecule has 2 N–H and O–H groups in total. The highest BCUT2D eigenvalue weighted by molar-refractivity contribution is 5.36. The molecule has 0 spiro atoms. The summed E-state index contributed by atoms with van der Waals surface area (Å²) in [6.45, 7) is 9.29. The van der Waals surface area contributed by atoms with E-state index in [-0.39, 0.29) is 12.1 Å². The first kappa shape index (κ1) is 18.1. The lowest BCUT2D eigenvalue weighted by Gasteiger charge is -2.37. The number of aryl methyl sites for hydroxylation is 2. The average molecular weight is 294 g/mol. The summed E-state index contributed by atoms with van der Waals surface area (Å²) in [6, 6.07) is 6.88. The molecule has 2 unspecified atom stereocenters. The molecular weight excluding hydrogens is 264 g/mol. The van der Waals surface area contributed by atoms with E-state index in [1.54, 1.807) is 14.2 Å². The molecule has 4 nitrogen and oxygen atoms in total. The second-order valence-electron chi connectivity index (χ2n) is 5.59. The Morgan fingerprint density at radius 1 is 1.14 bits per heavy atom. The smallest absolute Gasteiger partial charge is 0.0615 e. The van der Waals surface area contributed by atoms with Gasteiger partial charge in [-0.3, -0.25) is 4.90 Å². The third kappa shape index (κ3) is 4.78. The molecule has 0 aliphatic carbocycles. The standard InChI is InChI=1S/C17H30N2O2/c1-13-7-6-8-14(2)17(13)16(11-18)19(9-10-20-4)15(3)12-21-5/h6-8,15-16H,9-12,18H2,1-5H3. The Kier molecular flexibility index (Phi) is 7.89. The van der Waals surface area contributed by atoms with Crippen LogP contribution in [0, 0.1) is 13.8 Å². The van der Waals surface area contributed by atoms with Crippen LogP contribution in [0.1, 0.15) is 29.7 Å². The van der Waals surface area contributed by atoms with Crippen LogP contribution in [-0.4, -0.2) is 51.5 Å². The van der Waals surface area contributed by atoms with Gasteiger partial charge in [0, 0.05) is 39.4 Å². The Morgan fingerprint density at radius 2 is 1.76 bits per heavy atom. The van der Waals surface area contributed by atoms with E-state index in [0.717, 1.165) is 6.54 Å². The van der Waals surface area contributed by atoms with E-state index < -0.39 is 0 Å². The summed E-state index contributed by atoms with van der Waals surface area (Å²) in [4.78, 5) is 2.39. The van der Waals surface area contributed by atoms with Crippen molar-refractivity contribution in [2.45, 2.75) is 32.9 Å². The van der Waals surface area contributed by atoms with Gasteiger partial charge in [0.15, 0.2) is 0 Å². The maximum absolute atomic E-state index is 6.13. The summed E-state index contributed by atoms with van der Waals surface area (Å²) >= 11 is 0. The highest BCUT2D eigenvalue weighted by Crippen LogP contribution is 2.28. The van der Waals surface area contributed by atoms with Crippen LogP contribution < -0.4 is 5.73 Å². The second kappa shape index (κ2) is 9.15. The minimum absolute atomic E-state index is 0.187. The molecule has 0 aromatic heterocycles. The third-order valence-corrected chi connectivity index (χ3v) is 4.03. The van der Waals surface area contributed by atoms with Crippen molar-refractivity contribution in [2.75, 3.05) is 40.5 Å². The molecule has 21 heavy (non-hydrogen) atoms. The van der Waals surface area contributed by atoms with Crippen LogP contribution >= 0.6 is 0 Å². The fraction of sp³-hybridized carbons (Fsp3) is 0.647. The minimum Gasteiger partial charge on any atom is -0.383 e. The Bertz CT molecular complexity index is 403. The number of hydrogen-bond donors (Lipinski definition) is 1. The molecule has 120 valence electrons. The molecule has 2 atom stereocenters. The summed E-state index contributed by atoms with van der Waals surface area (Å²) in [5.74, 6) is 0. The van der Waals surface area contributed by atoms with Gasteiger partial charge < -0.3 is 15.2 Å². The topological polar surface area (TPSA) is 47.7 Å². The lowest BCUT2D eigenvalue weighted by atomic mass is 9.94. The predicted molar refractivity (Wildman–Crippen MR) is 87.6 cm³/mol. The maximum Gasteiger partial charge on any atom is 0.0615 e. The van der Waals surface area contributed by atoms with Crippen molar-refractivity contribution < 1.29 is 9.47 Å². The highest BCUT2D eigenvalue weighted by Gasteiger charge is 2.26. The molecule has 0 aliphatic heterocycles. The fourth-order valence-corrected chi connectivity index (χ4v) is 2.99. The van der Waals surface area contributed by atoms with Gasteiger partial charge in [-0.2, -0.15) is 0 Å². The second-order valence-corrected chi connectivity index (χ2v) is 5.59. The maximum atomic E-state index is 6.13. The average Bonchev–Trinajstić information content (AvgIpc) is 2.45. The molecule has 0 amide bonds. The molecule has 0 fully saturated rings. The summed E-state index contributed by atoms with van der Waals surface area (Å²) in [7, 11) is 3.47. The minimum atomic E-state index is 0.187. The van der Waals surface area contributed by atoms with E-state index in [1.807, 2.05) is 0 Å². The predicted octanol–water partition coefficient (Wildman–Crippen LogP) is 2.29. The number of ether oxygens (including phenoxy) is 2. The van der Waals surface area contributed by atoms with Crippen LogP contribution in [-0.2, 0) is 9.47 Å². The molecule has 0 heterocycles. The summed E-state index contributed by atoms with van der Waals surface area (Å²) in [5.41, 5.74) is 10.0. The molecule has 1 aromatic rings. The van der Waals surface area contributed by atoms with Crippen molar-refractivity contribution in [1.82, 2.24) is 4.90 Å². The van der Waals surface area contributed by atoms with Gasteiger partial charge >= 0.3 is 0 Å². The normalized spacial score (nSPS) is 14.4. The molecule has 4 heteroatoms. The van der Waals surface area contributed by atoms with E-state index in [0.29, 0.717) is 19.8 Å². The van der Waals surface area contributed by atoms with Gasteiger partial charge in [0.05, 0.1) is 13.2 Å². The van der Waals surface area contributed by atoms with E-state index in [9.17, 15) is 0 Å². The summed E-state index contributed by atoms with van der Waals surface area (Å²) < 4.78 is 10.6. The lowest BCUT2D eigenvalue weighted by molar-refractivity contribution is 0.0483. The zero-order valence-corrected chi connectivity index (χ0v) is 14.1. The van der Waals surface area contributed by atoms with Gasteiger partial charge in [-0.25, -0.2) is 0 Å². The number of nitrogens with zero attached hydrogens (tertiary/aromatic N) is 1. The molecule has 0 bridgehead atoms. The van der Waals surface area contributed by atoms with Gasteiger partial charge in [0.2, 0.25) is 0 Å². The molecule has 0 saturated heterocycles. The van der Waals surface area contributed by atoms with Gasteiger partial charge in [-0.15, -0.1) is 0 Å². The first-order chi connectivity index (χ1) is 10.1. The van der Waals surface area contributed by atoms with Crippen molar-refractivity contribution in [3.63, 3.8) is 0 Å². The zero-order valence-electron chi connectivity index (χ0n) is 14.1. The quantitative estimate of drug-likeness (QED) is 0.759. The number of rotatable bonds is 9. The molecule has 0 saturated carbocycles. The lowest BCUT2D eigenvalue weighted by Crippen LogP contribution is -2.44. The van der Waals surface area contributed by atoms with Crippen LogP contribution in [0.25, 0.3) is 0 Å². The number of nitrogens with two attached hydrogens (primary N) is 1. The van der Waals surface area contributed by atoms with Crippen LogP contribution in [0.5, 0.6) is 0 Å². The summed E-state index contributed by atoms with van der Waals surface area (Å²) in [6.07, 6.45) is 0. The fourth-order valence-electron chi connectivity index (χ4n) is 2.99. The Labute approximate surface area is 129 Å². The SMILES string of the molecule is COCCN(C(C)COC)C(CN)c1c(C)cccc1C. The Morgan fingerprint density at radius 3 is 2.24 bits per heavy atom. The molecule has 1 rings (SSSR count). The largest absolute Gasteiger partial charge is 0.383 e. The molecule has 0 aliphatic rings. The van der Waals surface area contributed by atoms with E-state index in [2.05, 4.69) is 43.9 Å². The van der Waals surface area contributed by atoms with Gasteiger partial charge in [-0.1, -0.05) is 18.2 Å². The van der Waals surface area contributed by atoms with Crippen molar-refractivity contribution in [2.24, 2.45) is 5.73 Å². The van der Waals surface area contributed by atoms with Gasteiger partial charge in [-0.05, 0) is 37.5 Å². The number of methoxy groups -OCH3 is 2.